The van der Waals surface area contributed by atoms with Crippen LogP contribution in [0.15, 0.2) is 0 Å². The van der Waals surface area contributed by atoms with Crippen molar-refractivity contribution >= 4 is 5.91 Å². The Balaban J connectivity index is 3.32. The van der Waals surface area contributed by atoms with Crippen LogP contribution in [0.4, 0.5) is 13.2 Å². The lowest BCUT2D eigenvalue weighted by Crippen LogP contribution is -2.38. The molecule has 0 spiro atoms. The van der Waals surface area contributed by atoms with Crippen molar-refractivity contribution < 1.29 is 22.7 Å². The van der Waals surface area contributed by atoms with Gasteiger partial charge in [0, 0.05) is 19.8 Å². The van der Waals surface area contributed by atoms with Gasteiger partial charge in [0.2, 0.25) is 5.91 Å². The molecule has 0 rings (SSSR count). The monoisotopic (exact) mass is 270 g/mol. The van der Waals surface area contributed by atoms with Crippen LogP contribution in [0.3, 0.4) is 0 Å². The van der Waals surface area contributed by atoms with Crippen LogP contribution >= 0.6 is 0 Å². The van der Waals surface area contributed by atoms with Gasteiger partial charge in [-0.3, -0.25) is 4.79 Å². The smallest absolute Gasteiger partial charge is 0.381 e. The van der Waals surface area contributed by atoms with Crippen molar-refractivity contribution in [2.75, 3.05) is 32.8 Å². The van der Waals surface area contributed by atoms with Crippen molar-refractivity contribution in [3.8, 4) is 0 Å². The van der Waals surface area contributed by atoms with E-state index in [1.807, 2.05) is 19.2 Å². The van der Waals surface area contributed by atoms with Crippen molar-refractivity contribution in [2.24, 2.45) is 5.92 Å². The summed E-state index contributed by atoms with van der Waals surface area (Å²) in [5, 5.41) is 4.53. The number of hydrogen-bond acceptors (Lipinski definition) is 3. The lowest BCUT2D eigenvalue weighted by Gasteiger charge is -2.09. The summed E-state index contributed by atoms with van der Waals surface area (Å²) in [5.41, 5.74) is 0. The average molecular weight is 270 g/mol. The van der Waals surface area contributed by atoms with Crippen LogP contribution in [-0.4, -0.2) is 44.9 Å². The molecule has 0 saturated heterocycles. The molecule has 0 aromatic carbocycles. The Kier molecular flexibility index (Phi) is 8.74. The van der Waals surface area contributed by atoms with Crippen molar-refractivity contribution in [3.63, 3.8) is 0 Å². The van der Waals surface area contributed by atoms with Gasteiger partial charge in [-0.1, -0.05) is 13.8 Å². The van der Waals surface area contributed by atoms with E-state index in [0.29, 0.717) is 32.1 Å². The van der Waals surface area contributed by atoms with Crippen molar-refractivity contribution in [2.45, 2.75) is 26.4 Å². The van der Waals surface area contributed by atoms with E-state index in [4.69, 9.17) is 4.74 Å². The molecule has 0 radical (unpaired) electrons. The Morgan fingerprint density at radius 2 is 2.00 bits per heavy atom. The SMILES string of the molecule is CC(C)COCCCNC(=O)CNCC(F)(F)F. The maximum absolute atomic E-state index is 11.8. The predicted molar refractivity (Wildman–Crippen MR) is 62.2 cm³/mol. The molecular weight excluding hydrogens is 249 g/mol. The van der Waals surface area contributed by atoms with Crippen LogP contribution in [0.2, 0.25) is 0 Å². The van der Waals surface area contributed by atoms with Gasteiger partial charge in [0.1, 0.15) is 0 Å². The maximum atomic E-state index is 11.8. The summed E-state index contributed by atoms with van der Waals surface area (Å²) < 4.78 is 40.5. The lowest BCUT2D eigenvalue weighted by atomic mass is 10.2. The van der Waals surface area contributed by atoms with Gasteiger partial charge in [-0.05, 0) is 12.3 Å². The summed E-state index contributed by atoms with van der Waals surface area (Å²) in [6, 6.07) is 0. The molecule has 0 saturated carbocycles. The molecule has 4 nitrogen and oxygen atoms in total. The highest BCUT2D eigenvalue weighted by Crippen LogP contribution is 2.11. The van der Waals surface area contributed by atoms with Gasteiger partial charge in [0.05, 0.1) is 13.1 Å². The third-order valence-corrected chi connectivity index (χ3v) is 1.85. The van der Waals surface area contributed by atoms with Gasteiger partial charge in [0.25, 0.3) is 0 Å². The van der Waals surface area contributed by atoms with E-state index in [1.165, 1.54) is 0 Å². The fraction of sp³-hybridized carbons (Fsp3) is 0.909. The largest absolute Gasteiger partial charge is 0.401 e. The molecule has 108 valence electrons. The van der Waals surface area contributed by atoms with Gasteiger partial charge in [-0.15, -0.1) is 0 Å². The summed E-state index contributed by atoms with van der Waals surface area (Å²) in [7, 11) is 0. The minimum atomic E-state index is -4.29. The molecule has 0 aliphatic rings. The second kappa shape index (κ2) is 9.16. The number of nitrogens with one attached hydrogen (secondary N) is 2. The van der Waals surface area contributed by atoms with Gasteiger partial charge in [-0.25, -0.2) is 0 Å². The minimum Gasteiger partial charge on any atom is -0.381 e. The number of carbonyl (C=O) groups excluding carboxylic acids is 1. The molecule has 0 heterocycles. The van der Waals surface area contributed by atoms with Gasteiger partial charge in [-0.2, -0.15) is 13.2 Å². The molecular formula is C11H21F3N2O2. The van der Waals surface area contributed by atoms with Gasteiger partial charge >= 0.3 is 6.18 Å². The van der Waals surface area contributed by atoms with Crippen molar-refractivity contribution in [1.82, 2.24) is 10.6 Å². The Bertz CT molecular complexity index is 233. The summed E-state index contributed by atoms with van der Waals surface area (Å²) in [6.07, 6.45) is -3.64. The zero-order valence-corrected chi connectivity index (χ0v) is 10.8. The fourth-order valence-corrected chi connectivity index (χ4v) is 1.10. The van der Waals surface area contributed by atoms with E-state index in [0.717, 1.165) is 0 Å². The van der Waals surface area contributed by atoms with Crippen LogP contribution < -0.4 is 10.6 Å². The molecule has 0 aromatic heterocycles. The van der Waals surface area contributed by atoms with E-state index < -0.39 is 18.6 Å². The van der Waals surface area contributed by atoms with Crippen LogP contribution in [0.5, 0.6) is 0 Å². The van der Waals surface area contributed by atoms with Crippen molar-refractivity contribution in [3.05, 3.63) is 0 Å². The maximum Gasteiger partial charge on any atom is 0.401 e. The summed E-state index contributed by atoms with van der Waals surface area (Å²) in [5.74, 6) is 0.0225. The Morgan fingerprint density at radius 1 is 1.33 bits per heavy atom. The highest BCUT2D eigenvalue weighted by atomic mass is 19.4. The Labute approximate surface area is 105 Å². The van der Waals surface area contributed by atoms with E-state index in [-0.39, 0.29) is 6.54 Å². The number of carbonyl (C=O) groups is 1. The lowest BCUT2D eigenvalue weighted by molar-refractivity contribution is -0.128. The van der Waals surface area contributed by atoms with Crippen LogP contribution in [-0.2, 0) is 9.53 Å². The number of amides is 1. The highest BCUT2D eigenvalue weighted by Gasteiger charge is 2.26. The van der Waals surface area contributed by atoms with E-state index in [2.05, 4.69) is 5.32 Å². The van der Waals surface area contributed by atoms with Crippen LogP contribution in [0, 0.1) is 5.92 Å². The summed E-state index contributed by atoms with van der Waals surface area (Å²) in [4.78, 5) is 11.1. The van der Waals surface area contributed by atoms with Crippen molar-refractivity contribution in [1.29, 1.82) is 0 Å². The third kappa shape index (κ3) is 13.2. The quantitative estimate of drug-likeness (QED) is 0.621. The second-order valence-corrected chi connectivity index (χ2v) is 4.39. The van der Waals surface area contributed by atoms with Gasteiger partial charge < -0.3 is 15.4 Å². The number of rotatable bonds is 9. The molecule has 18 heavy (non-hydrogen) atoms. The average Bonchev–Trinajstić information content (AvgIpc) is 2.20. The van der Waals surface area contributed by atoms with Crippen LogP contribution in [0.1, 0.15) is 20.3 Å². The second-order valence-electron chi connectivity index (χ2n) is 4.39. The predicted octanol–water partition coefficient (Wildman–Crippen LogP) is 1.32. The first-order chi connectivity index (χ1) is 8.31. The molecule has 0 fully saturated rings. The Morgan fingerprint density at radius 3 is 2.56 bits per heavy atom. The number of ether oxygens (including phenoxy) is 1. The molecule has 0 aliphatic heterocycles. The zero-order valence-electron chi connectivity index (χ0n) is 10.8. The highest BCUT2D eigenvalue weighted by molar-refractivity contribution is 5.77. The molecule has 0 atom stereocenters. The normalized spacial score (nSPS) is 11.9. The summed E-state index contributed by atoms with van der Waals surface area (Å²) in [6.45, 7) is 4.20. The molecule has 0 unspecified atom stereocenters. The van der Waals surface area contributed by atoms with E-state index in [1.54, 1.807) is 0 Å². The molecule has 1 amide bonds. The molecule has 0 aliphatic carbocycles. The number of halogens is 3. The zero-order chi connectivity index (χ0) is 14.0. The first-order valence-corrected chi connectivity index (χ1v) is 5.93. The molecule has 7 heteroatoms. The van der Waals surface area contributed by atoms with Crippen LogP contribution in [0.25, 0.3) is 0 Å². The third-order valence-electron chi connectivity index (χ3n) is 1.85. The first kappa shape index (κ1) is 17.2. The Hall–Kier alpha value is -0.820. The topological polar surface area (TPSA) is 50.4 Å². The fourth-order valence-electron chi connectivity index (χ4n) is 1.10. The standard InChI is InChI=1S/C11H21F3N2O2/c1-9(2)7-18-5-3-4-16-10(17)6-15-8-11(12,13)14/h9,15H,3-8H2,1-2H3,(H,16,17). The minimum absolute atomic E-state index is 0.327. The number of alkyl halides is 3. The van der Waals surface area contributed by atoms with E-state index in [9.17, 15) is 18.0 Å². The summed E-state index contributed by atoms with van der Waals surface area (Å²) >= 11 is 0. The molecule has 2 N–H and O–H groups in total. The first-order valence-electron chi connectivity index (χ1n) is 5.93. The molecule has 0 aromatic rings. The van der Waals surface area contributed by atoms with E-state index >= 15 is 0 Å². The molecule has 0 bridgehead atoms. The number of hydrogen-bond donors (Lipinski definition) is 2. The van der Waals surface area contributed by atoms with Gasteiger partial charge in [0.15, 0.2) is 0 Å².